The molecule has 0 saturated heterocycles. The largest absolute Gasteiger partial charge is 0.478 e. The zero-order valence-electron chi connectivity index (χ0n) is 15.0. The normalized spacial score (nSPS) is 14.0. The molecular weight excluding hydrogens is 358 g/mol. The smallest absolute Gasteiger partial charge is 0.335 e. The van der Waals surface area contributed by atoms with E-state index in [0.717, 1.165) is 22.4 Å². The summed E-state index contributed by atoms with van der Waals surface area (Å²) in [6, 6.07) is 15.7. The molecule has 1 amide bonds. The molecule has 0 fully saturated rings. The maximum Gasteiger partial charge on any atom is 0.335 e. The van der Waals surface area contributed by atoms with E-state index >= 15 is 0 Å². The van der Waals surface area contributed by atoms with Gasteiger partial charge < -0.3 is 15.1 Å². The summed E-state index contributed by atoms with van der Waals surface area (Å²) in [6.45, 7) is 0.538. The highest BCUT2D eigenvalue weighted by atomic mass is 16.4. The highest BCUT2D eigenvalue weighted by Crippen LogP contribution is 2.32. The molecule has 3 N–H and O–H groups in total. The number of fused-ring (bicyclic) bond motifs is 1. The Morgan fingerprint density at radius 3 is 2.43 bits per heavy atom. The average molecular weight is 377 g/mol. The highest BCUT2D eigenvalue weighted by Gasteiger charge is 2.32. The van der Waals surface area contributed by atoms with Gasteiger partial charge in [0.25, 0.3) is 0 Å². The maximum absolute atomic E-state index is 13.0. The van der Waals surface area contributed by atoms with E-state index in [1.807, 2.05) is 30.3 Å². The summed E-state index contributed by atoms with van der Waals surface area (Å²) in [5.74, 6) is -1.71. The summed E-state index contributed by atoms with van der Waals surface area (Å²) in [4.78, 5) is 25.7. The standard InChI is InChI=1S/C21H19N3O4/c25-12-17(13-4-2-1-3-5-13)20(26)24-10-16-18(11-24)22-23-19(16)14-6-8-15(9-7-14)21(27)28/h1-9,17,25H,10-12H2,(H,22,23)(H,27,28). The van der Waals surface area contributed by atoms with Gasteiger partial charge in [-0.05, 0) is 17.7 Å². The number of hydrogen-bond acceptors (Lipinski definition) is 4. The van der Waals surface area contributed by atoms with Crippen LogP contribution in [0.5, 0.6) is 0 Å². The number of nitrogens with one attached hydrogen (secondary N) is 1. The van der Waals surface area contributed by atoms with Gasteiger partial charge in [-0.2, -0.15) is 5.10 Å². The van der Waals surface area contributed by atoms with Gasteiger partial charge in [0.15, 0.2) is 0 Å². The van der Waals surface area contributed by atoms with Crippen molar-refractivity contribution < 1.29 is 19.8 Å². The molecule has 0 bridgehead atoms. The second kappa shape index (κ2) is 7.28. The molecule has 2 aromatic carbocycles. The molecule has 7 nitrogen and oxygen atoms in total. The Morgan fingerprint density at radius 2 is 1.79 bits per heavy atom. The number of aliphatic hydroxyl groups excluding tert-OH is 1. The lowest BCUT2D eigenvalue weighted by Gasteiger charge is -2.22. The van der Waals surface area contributed by atoms with Crippen LogP contribution in [0, 0.1) is 0 Å². The van der Waals surface area contributed by atoms with E-state index in [2.05, 4.69) is 10.2 Å². The lowest BCUT2D eigenvalue weighted by molar-refractivity contribution is -0.134. The number of amides is 1. The maximum atomic E-state index is 13.0. The number of rotatable bonds is 5. The van der Waals surface area contributed by atoms with Crippen molar-refractivity contribution in [3.8, 4) is 11.3 Å². The first-order valence-corrected chi connectivity index (χ1v) is 8.93. The van der Waals surface area contributed by atoms with Gasteiger partial charge in [0.2, 0.25) is 5.91 Å². The van der Waals surface area contributed by atoms with Crippen LogP contribution in [0.2, 0.25) is 0 Å². The van der Waals surface area contributed by atoms with Crippen LogP contribution >= 0.6 is 0 Å². The van der Waals surface area contributed by atoms with Crippen molar-refractivity contribution in [1.82, 2.24) is 15.1 Å². The number of aromatic nitrogens is 2. The molecule has 7 heteroatoms. The molecule has 1 aliphatic rings. The number of aromatic carboxylic acids is 1. The minimum atomic E-state index is -0.980. The van der Waals surface area contributed by atoms with E-state index < -0.39 is 11.9 Å². The number of aliphatic hydroxyl groups is 1. The molecule has 0 spiro atoms. The Hall–Kier alpha value is -3.45. The number of carboxylic acids is 1. The van der Waals surface area contributed by atoms with Crippen LogP contribution in [0.15, 0.2) is 54.6 Å². The third kappa shape index (κ3) is 3.16. The molecule has 28 heavy (non-hydrogen) atoms. The van der Waals surface area contributed by atoms with Gasteiger partial charge in [-0.1, -0.05) is 42.5 Å². The van der Waals surface area contributed by atoms with Crippen LogP contribution in [0.3, 0.4) is 0 Å². The van der Waals surface area contributed by atoms with Gasteiger partial charge in [-0.25, -0.2) is 4.79 Å². The minimum absolute atomic E-state index is 0.134. The first-order chi connectivity index (χ1) is 13.6. The number of aromatic amines is 1. The molecule has 0 radical (unpaired) electrons. The van der Waals surface area contributed by atoms with Crippen LogP contribution in [-0.2, 0) is 17.9 Å². The van der Waals surface area contributed by atoms with E-state index in [4.69, 9.17) is 5.11 Å². The fraction of sp³-hybridized carbons (Fsp3) is 0.190. The number of carbonyl (C=O) groups is 2. The molecule has 1 aromatic heterocycles. The first kappa shape index (κ1) is 17.9. The highest BCUT2D eigenvalue weighted by molar-refractivity contribution is 5.88. The van der Waals surface area contributed by atoms with Crippen LogP contribution in [0.1, 0.15) is 33.1 Å². The van der Waals surface area contributed by atoms with Crippen molar-refractivity contribution in [3.63, 3.8) is 0 Å². The molecule has 1 aliphatic heterocycles. The Balaban J connectivity index is 1.56. The van der Waals surface area contributed by atoms with Crippen molar-refractivity contribution in [2.45, 2.75) is 19.0 Å². The average Bonchev–Trinajstić information content (AvgIpc) is 3.30. The van der Waals surface area contributed by atoms with Crippen molar-refractivity contribution in [1.29, 1.82) is 0 Å². The number of benzene rings is 2. The van der Waals surface area contributed by atoms with Gasteiger partial charge in [-0.15, -0.1) is 0 Å². The Morgan fingerprint density at radius 1 is 1.07 bits per heavy atom. The monoisotopic (exact) mass is 377 g/mol. The molecule has 4 rings (SSSR count). The molecule has 1 unspecified atom stereocenters. The Kier molecular flexibility index (Phi) is 4.67. The van der Waals surface area contributed by atoms with E-state index in [1.54, 1.807) is 17.0 Å². The minimum Gasteiger partial charge on any atom is -0.478 e. The van der Waals surface area contributed by atoms with Gasteiger partial charge >= 0.3 is 5.97 Å². The van der Waals surface area contributed by atoms with Gasteiger partial charge in [0.1, 0.15) is 0 Å². The van der Waals surface area contributed by atoms with E-state index in [1.165, 1.54) is 12.1 Å². The number of carbonyl (C=O) groups excluding carboxylic acids is 1. The van der Waals surface area contributed by atoms with E-state index in [0.29, 0.717) is 18.8 Å². The predicted molar refractivity (Wildman–Crippen MR) is 102 cm³/mol. The first-order valence-electron chi connectivity index (χ1n) is 8.93. The van der Waals surface area contributed by atoms with E-state index in [9.17, 15) is 14.7 Å². The molecule has 3 aromatic rings. The van der Waals surface area contributed by atoms with Crippen LogP contribution in [0.25, 0.3) is 11.3 Å². The van der Waals surface area contributed by atoms with Crippen molar-refractivity contribution in [2.75, 3.05) is 6.61 Å². The van der Waals surface area contributed by atoms with E-state index in [-0.39, 0.29) is 18.1 Å². The summed E-state index contributed by atoms with van der Waals surface area (Å²) in [5.41, 5.74) is 4.27. The second-order valence-corrected chi connectivity index (χ2v) is 6.75. The van der Waals surface area contributed by atoms with Crippen molar-refractivity contribution in [2.24, 2.45) is 0 Å². The molecule has 2 heterocycles. The molecule has 0 aliphatic carbocycles. The number of nitrogens with zero attached hydrogens (tertiary/aromatic N) is 2. The quantitative estimate of drug-likeness (QED) is 0.633. The number of H-pyrrole nitrogens is 1. The fourth-order valence-corrected chi connectivity index (χ4v) is 3.54. The SMILES string of the molecule is O=C(O)c1ccc(-c2n[nH]c3c2CN(C(=O)C(CO)c2ccccc2)C3)cc1. The van der Waals surface area contributed by atoms with Crippen molar-refractivity contribution >= 4 is 11.9 Å². The van der Waals surface area contributed by atoms with Gasteiger partial charge in [0, 0.05) is 11.1 Å². The second-order valence-electron chi connectivity index (χ2n) is 6.75. The third-order valence-electron chi connectivity index (χ3n) is 5.05. The van der Waals surface area contributed by atoms with Gasteiger partial charge in [0.05, 0.1) is 42.6 Å². The lowest BCUT2D eigenvalue weighted by atomic mass is 9.98. The topological polar surface area (TPSA) is 107 Å². The molecular formula is C21H19N3O4. The van der Waals surface area contributed by atoms with Crippen LogP contribution in [-0.4, -0.2) is 43.8 Å². The zero-order chi connectivity index (χ0) is 19.7. The van der Waals surface area contributed by atoms with Gasteiger partial charge in [-0.3, -0.25) is 9.89 Å². The number of hydrogen-bond donors (Lipinski definition) is 3. The fourth-order valence-electron chi connectivity index (χ4n) is 3.54. The summed E-state index contributed by atoms with van der Waals surface area (Å²) in [5, 5.41) is 26.1. The van der Waals surface area contributed by atoms with Crippen LogP contribution < -0.4 is 0 Å². The van der Waals surface area contributed by atoms with Crippen molar-refractivity contribution in [3.05, 3.63) is 77.0 Å². The van der Waals surface area contributed by atoms with Crippen LogP contribution in [0.4, 0.5) is 0 Å². The number of carboxylic acid groups (broad SMARTS) is 1. The summed E-state index contributed by atoms with van der Waals surface area (Å²) in [7, 11) is 0. The molecule has 0 saturated carbocycles. The third-order valence-corrected chi connectivity index (χ3v) is 5.05. The summed E-state index contributed by atoms with van der Waals surface area (Å²) in [6.07, 6.45) is 0. The zero-order valence-corrected chi connectivity index (χ0v) is 15.0. The molecule has 1 atom stereocenters. The Bertz CT molecular complexity index is 1010. The Labute approximate surface area is 161 Å². The summed E-state index contributed by atoms with van der Waals surface area (Å²) < 4.78 is 0. The molecule has 142 valence electrons. The lowest BCUT2D eigenvalue weighted by Crippen LogP contribution is -2.32. The summed E-state index contributed by atoms with van der Waals surface area (Å²) >= 11 is 0. The predicted octanol–water partition coefficient (Wildman–Crippen LogP) is 2.39.